The van der Waals surface area contributed by atoms with Gasteiger partial charge in [0.15, 0.2) is 0 Å². The predicted octanol–water partition coefficient (Wildman–Crippen LogP) is 3.87. The van der Waals surface area contributed by atoms with Crippen LogP contribution in [0.25, 0.3) is 10.9 Å². The highest BCUT2D eigenvalue weighted by Gasteiger charge is 2.04. The van der Waals surface area contributed by atoms with Gasteiger partial charge in [-0.25, -0.2) is 0 Å². The Kier molecular flexibility index (Phi) is 3.56. The molecule has 1 N–H and O–H groups in total. The Bertz CT molecular complexity index is 796. The van der Waals surface area contributed by atoms with Crippen molar-refractivity contribution in [3.63, 3.8) is 0 Å². The van der Waals surface area contributed by atoms with Gasteiger partial charge in [-0.05, 0) is 39.7 Å². The monoisotopic (exact) mass is 329 g/mol. The zero-order valence-electron chi connectivity index (χ0n) is 10.6. The Morgan fingerprint density at radius 1 is 1.10 bits per heavy atom. The maximum atomic E-state index is 12.0. The van der Waals surface area contributed by atoms with Gasteiger partial charge >= 0.3 is 0 Å². The number of fused-ring (bicyclic) bond motifs is 1. The van der Waals surface area contributed by atoms with E-state index in [9.17, 15) is 4.79 Å². The average Bonchev–Trinajstić information content (AvgIpc) is 2.50. The van der Waals surface area contributed by atoms with Crippen LogP contribution in [0, 0.1) is 0 Å². The average molecular weight is 330 g/mol. The molecule has 0 saturated carbocycles. The maximum Gasteiger partial charge on any atom is 0.203 e. The molecule has 0 unspecified atom stereocenters. The second kappa shape index (κ2) is 5.51. The largest absolute Gasteiger partial charge is 0.489 e. The van der Waals surface area contributed by atoms with Crippen molar-refractivity contribution >= 4 is 26.8 Å². The second-order valence-corrected chi connectivity index (χ2v) is 5.30. The molecule has 0 bridgehead atoms. The van der Waals surface area contributed by atoms with Crippen molar-refractivity contribution in [2.75, 3.05) is 0 Å². The third-order valence-electron chi connectivity index (χ3n) is 3.06. The highest BCUT2D eigenvalue weighted by molar-refractivity contribution is 9.10. The Labute approximate surface area is 124 Å². The normalized spacial score (nSPS) is 10.7. The number of halogens is 1. The lowest BCUT2D eigenvalue weighted by molar-refractivity contribution is 0.306. The first-order chi connectivity index (χ1) is 9.74. The molecule has 3 nitrogen and oxygen atoms in total. The van der Waals surface area contributed by atoms with Crippen LogP contribution in [-0.2, 0) is 6.61 Å². The zero-order chi connectivity index (χ0) is 13.9. The lowest BCUT2D eigenvalue weighted by Crippen LogP contribution is -2.04. The van der Waals surface area contributed by atoms with Crippen LogP contribution in [-0.4, -0.2) is 4.98 Å². The molecule has 3 rings (SSSR count). The van der Waals surface area contributed by atoms with Crippen LogP contribution in [0.2, 0.25) is 0 Å². The van der Waals surface area contributed by atoms with Gasteiger partial charge in [-0.15, -0.1) is 0 Å². The number of hydrogen-bond acceptors (Lipinski definition) is 2. The summed E-state index contributed by atoms with van der Waals surface area (Å²) in [5.41, 5.74) is 1.85. The fourth-order valence-corrected chi connectivity index (χ4v) is 2.33. The summed E-state index contributed by atoms with van der Waals surface area (Å²) < 4.78 is 6.25. The molecule has 100 valence electrons. The number of H-pyrrole nitrogens is 1. The molecule has 4 heteroatoms. The van der Waals surface area contributed by atoms with Crippen molar-refractivity contribution in [1.29, 1.82) is 0 Å². The van der Waals surface area contributed by atoms with Gasteiger partial charge in [0.25, 0.3) is 0 Å². The number of pyridine rings is 1. The molecular weight excluding hydrogens is 318 g/mol. The van der Waals surface area contributed by atoms with Gasteiger partial charge in [0.1, 0.15) is 12.4 Å². The van der Waals surface area contributed by atoms with Crippen molar-refractivity contribution in [2.45, 2.75) is 6.61 Å². The molecule has 0 aliphatic heterocycles. The van der Waals surface area contributed by atoms with E-state index < -0.39 is 0 Å². The maximum absolute atomic E-state index is 12.0. The number of rotatable bonds is 3. The number of nitrogens with one attached hydrogen (secondary N) is 1. The summed E-state index contributed by atoms with van der Waals surface area (Å²) in [6, 6.07) is 15.4. The molecule has 0 saturated heterocycles. The molecule has 1 aromatic heterocycles. The van der Waals surface area contributed by atoms with Gasteiger partial charge in [0.05, 0.1) is 9.86 Å². The molecule has 0 aliphatic carbocycles. The van der Waals surface area contributed by atoms with E-state index in [1.165, 1.54) is 0 Å². The van der Waals surface area contributed by atoms with E-state index in [0.29, 0.717) is 22.2 Å². The Balaban J connectivity index is 1.89. The van der Waals surface area contributed by atoms with E-state index in [0.717, 1.165) is 11.1 Å². The quantitative estimate of drug-likeness (QED) is 0.792. The third kappa shape index (κ3) is 2.60. The first kappa shape index (κ1) is 12.9. The highest BCUT2D eigenvalue weighted by Crippen LogP contribution is 2.19. The van der Waals surface area contributed by atoms with E-state index in [1.54, 1.807) is 12.3 Å². The summed E-state index contributed by atoms with van der Waals surface area (Å²) in [6.07, 6.45) is 1.65. The van der Waals surface area contributed by atoms with Crippen LogP contribution in [0.1, 0.15) is 5.56 Å². The van der Waals surface area contributed by atoms with Crippen LogP contribution in [0.15, 0.2) is 64.0 Å². The summed E-state index contributed by atoms with van der Waals surface area (Å²) in [6.45, 7) is 0.484. The molecule has 0 radical (unpaired) electrons. The standard InChI is InChI=1S/C16H12BrNO2/c17-14-9-18-15-7-6-12(8-13(15)16(14)19)20-10-11-4-2-1-3-5-11/h1-9H,10H2,(H,18,19). The zero-order valence-corrected chi connectivity index (χ0v) is 12.2. The lowest BCUT2D eigenvalue weighted by atomic mass is 10.2. The Morgan fingerprint density at radius 2 is 1.90 bits per heavy atom. The Hall–Kier alpha value is -2.07. The molecule has 3 aromatic rings. The van der Waals surface area contributed by atoms with Crippen molar-refractivity contribution in [3.8, 4) is 5.75 Å². The van der Waals surface area contributed by atoms with Crippen molar-refractivity contribution in [3.05, 3.63) is 75.0 Å². The van der Waals surface area contributed by atoms with E-state index in [-0.39, 0.29) is 5.43 Å². The van der Waals surface area contributed by atoms with Gasteiger partial charge in [-0.2, -0.15) is 0 Å². The number of aromatic amines is 1. The van der Waals surface area contributed by atoms with Crippen LogP contribution in [0.4, 0.5) is 0 Å². The van der Waals surface area contributed by atoms with Gasteiger partial charge in [-0.3, -0.25) is 4.79 Å². The summed E-state index contributed by atoms with van der Waals surface area (Å²) >= 11 is 3.23. The van der Waals surface area contributed by atoms with Crippen LogP contribution < -0.4 is 10.2 Å². The first-order valence-electron chi connectivity index (χ1n) is 6.22. The third-order valence-corrected chi connectivity index (χ3v) is 3.64. The molecule has 0 aliphatic rings. The van der Waals surface area contributed by atoms with Gasteiger partial charge in [0.2, 0.25) is 5.43 Å². The van der Waals surface area contributed by atoms with Crippen molar-refractivity contribution < 1.29 is 4.74 Å². The molecule has 20 heavy (non-hydrogen) atoms. The number of benzene rings is 2. The predicted molar refractivity (Wildman–Crippen MR) is 83.0 cm³/mol. The van der Waals surface area contributed by atoms with Gasteiger partial charge in [-0.1, -0.05) is 30.3 Å². The van der Waals surface area contributed by atoms with Crippen molar-refractivity contribution in [1.82, 2.24) is 4.98 Å². The minimum Gasteiger partial charge on any atom is -0.489 e. The summed E-state index contributed by atoms with van der Waals surface area (Å²) in [7, 11) is 0. The van der Waals surface area contributed by atoms with Crippen LogP contribution in [0.5, 0.6) is 5.75 Å². The molecule has 0 amide bonds. The van der Waals surface area contributed by atoms with E-state index >= 15 is 0 Å². The fraction of sp³-hybridized carbons (Fsp3) is 0.0625. The lowest BCUT2D eigenvalue weighted by Gasteiger charge is -2.07. The number of ether oxygens (including phenoxy) is 1. The molecular formula is C16H12BrNO2. The molecule has 0 spiro atoms. The molecule has 0 fully saturated rings. The highest BCUT2D eigenvalue weighted by atomic mass is 79.9. The second-order valence-electron chi connectivity index (χ2n) is 4.45. The van der Waals surface area contributed by atoms with Gasteiger partial charge < -0.3 is 9.72 Å². The Morgan fingerprint density at radius 3 is 2.70 bits per heavy atom. The number of hydrogen-bond donors (Lipinski definition) is 1. The van der Waals surface area contributed by atoms with Gasteiger partial charge in [0, 0.05) is 11.7 Å². The van der Waals surface area contributed by atoms with Crippen LogP contribution in [0.3, 0.4) is 0 Å². The SMILES string of the molecule is O=c1c(Br)c[nH]c2ccc(OCc3ccccc3)cc12. The van der Waals surface area contributed by atoms with E-state index in [2.05, 4.69) is 20.9 Å². The van der Waals surface area contributed by atoms with Crippen molar-refractivity contribution in [2.24, 2.45) is 0 Å². The topological polar surface area (TPSA) is 42.1 Å². The summed E-state index contributed by atoms with van der Waals surface area (Å²) in [4.78, 5) is 15.1. The number of aromatic nitrogens is 1. The summed E-state index contributed by atoms with van der Waals surface area (Å²) in [5.74, 6) is 0.685. The summed E-state index contributed by atoms with van der Waals surface area (Å²) in [5, 5.41) is 0.616. The minimum atomic E-state index is -0.0380. The minimum absolute atomic E-state index is 0.0380. The molecule has 0 atom stereocenters. The smallest absolute Gasteiger partial charge is 0.203 e. The molecule has 2 aromatic carbocycles. The first-order valence-corrected chi connectivity index (χ1v) is 7.01. The van der Waals surface area contributed by atoms with E-state index in [4.69, 9.17) is 4.74 Å². The van der Waals surface area contributed by atoms with Crippen LogP contribution >= 0.6 is 15.9 Å². The van der Waals surface area contributed by atoms with E-state index in [1.807, 2.05) is 42.5 Å². The fourth-order valence-electron chi connectivity index (χ4n) is 2.00. The molecule has 1 heterocycles.